The number of allylic oxidation sites excluding steroid dienone is 1. The lowest BCUT2D eigenvalue weighted by molar-refractivity contribution is -0.136. The summed E-state index contributed by atoms with van der Waals surface area (Å²) in [4.78, 5) is 11.1. The van der Waals surface area contributed by atoms with Gasteiger partial charge in [-0.3, -0.25) is 0 Å². The first kappa shape index (κ1) is 11.5. The van der Waals surface area contributed by atoms with Crippen molar-refractivity contribution in [1.29, 1.82) is 0 Å². The van der Waals surface area contributed by atoms with E-state index < -0.39 is 0 Å². The van der Waals surface area contributed by atoms with Crippen LogP contribution in [-0.2, 0) is 16.0 Å². The molecule has 1 aromatic rings. The van der Waals surface area contributed by atoms with E-state index in [-0.39, 0.29) is 5.97 Å². The average Bonchev–Trinajstić information content (AvgIpc) is 2.29. The molecule has 0 saturated carbocycles. The first-order valence-corrected chi connectivity index (χ1v) is 5.03. The minimum atomic E-state index is -0.247. The van der Waals surface area contributed by atoms with E-state index in [0.717, 1.165) is 12.8 Å². The molecule has 15 heavy (non-hydrogen) atoms. The lowest BCUT2D eigenvalue weighted by Crippen LogP contribution is -2.01. The summed E-state index contributed by atoms with van der Waals surface area (Å²) >= 11 is 0. The fourth-order valence-corrected chi connectivity index (χ4v) is 1.34. The maximum atomic E-state index is 11.1. The quantitative estimate of drug-likeness (QED) is 0.557. The van der Waals surface area contributed by atoms with E-state index in [4.69, 9.17) is 0 Å². The maximum Gasteiger partial charge on any atom is 0.333 e. The lowest BCUT2D eigenvalue weighted by Gasteiger charge is -1.99. The summed E-state index contributed by atoms with van der Waals surface area (Å²) in [6.45, 7) is 1.77. The molecule has 0 heterocycles. The Balaban J connectivity index is 2.42. The largest absolute Gasteiger partial charge is 0.466 e. The van der Waals surface area contributed by atoms with Crippen molar-refractivity contribution in [1.82, 2.24) is 0 Å². The third kappa shape index (κ3) is 3.98. The van der Waals surface area contributed by atoms with Crippen LogP contribution < -0.4 is 0 Å². The summed E-state index contributed by atoms with van der Waals surface area (Å²) in [6, 6.07) is 10.2. The number of aryl methyl sites for hydroxylation is 1. The Morgan fingerprint density at radius 2 is 2.00 bits per heavy atom. The van der Waals surface area contributed by atoms with Gasteiger partial charge in [-0.05, 0) is 25.3 Å². The minimum Gasteiger partial charge on any atom is -0.466 e. The fraction of sp³-hybridized carbons (Fsp3) is 0.308. The number of carbonyl (C=O) groups is 1. The van der Waals surface area contributed by atoms with Gasteiger partial charge < -0.3 is 4.74 Å². The van der Waals surface area contributed by atoms with Crippen LogP contribution in [0.15, 0.2) is 42.0 Å². The van der Waals surface area contributed by atoms with Crippen LogP contribution in [0.3, 0.4) is 0 Å². The topological polar surface area (TPSA) is 26.3 Å². The van der Waals surface area contributed by atoms with Crippen LogP contribution in [0.2, 0.25) is 0 Å². The van der Waals surface area contributed by atoms with Crippen molar-refractivity contribution < 1.29 is 9.53 Å². The number of hydrogen-bond donors (Lipinski definition) is 0. The van der Waals surface area contributed by atoms with Gasteiger partial charge in [0.25, 0.3) is 0 Å². The molecule has 0 aromatic heterocycles. The molecule has 0 saturated heterocycles. The van der Waals surface area contributed by atoms with Crippen LogP contribution in [0.25, 0.3) is 0 Å². The molecule has 1 aromatic carbocycles. The molecule has 0 radical (unpaired) electrons. The summed E-state index contributed by atoms with van der Waals surface area (Å²) in [5, 5.41) is 0. The Hall–Kier alpha value is -1.57. The molecule has 2 heteroatoms. The summed E-state index contributed by atoms with van der Waals surface area (Å²) in [6.07, 6.45) is 3.74. The molecule has 2 nitrogen and oxygen atoms in total. The van der Waals surface area contributed by atoms with Crippen LogP contribution in [0, 0.1) is 0 Å². The average molecular weight is 204 g/mol. The van der Waals surface area contributed by atoms with E-state index >= 15 is 0 Å². The van der Waals surface area contributed by atoms with E-state index in [1.54, 1.807) is 6.92 Å². The van der Waals surface area contributed by atoms with Gasteiger partial charge in [0, 0.05) is 5.57 Å². The van der Waals surface area contributed by atoms with Crippen molar-refractivity contribution in [2.75, 3.05) is 7.11 Å². The van der Waals surface area contributed by atoms with Crippen LogP contribution in [0.1, 0.15) is 18.9 Å². The SMILES string of the molecule is COC(=O)C(C)=CCCc1ccccc1. The van der Waals surface area contributed by atoms with E-state index in [9.17, 15) is 4.79 Å². The highest BCUT2D eigenvalue weighted by Crippen LogP contribution is 2.05. The Morgan fingerprint density at radius 3 is 2.60 bits per heavy atom. The number of ether oxygens (including phenoxy) is 1. The highest BCUT2D eigenvalue weighted by atomic mass is 16.5. The summed E-state index contributed by atoms with van der Waals surface area (Å²) in [7, 11) is 1.40. The van der Waals surface area contributed by atoms with Crippen molar-refractivity contribution in [3.8, 4) is 0 Å². The van der Waals surface area contributed by atoms with Crippen molar-refractivity contribution in [3.63, 3.8) is 0 Å². The number of rotatable bonds is 4. The van der Waals surface area contributed by atoms with Gasteiger partial charge in [-0.25, -0.2) is 4.79 Å². The molecular formula is C13H16O2. The molecule has 0 aliphatic heterocycles. The first-order chi connectivity index (χ1) is 7.24. The summed E-state index contributed by atoms with van der Waals surface area (Å²) in [5.74, 6) is -0.247. The molecule has 0 atom stereocenters. The van der Waals surface area contributed by atoms with Crippen LogP contribution in [0.4, 0.5) is 0 Å². The van der Waals surface area contributed by atoms with Gasteiger partial charge in [-0.15, -0.1) is 0 Å². The Bertz CT molecular complexity index is 339. The zero-order chi connectivity index (χ0) is 11.1. The van der Waals surface area contributed by atoms with Gasteiger partial charge >= 0.3 is 5.97 Å². The Kier molecular flexibility index (Phi) is 4.61. The van der Waals surface area contributed by atoms with Gasteiger partial charge in [0.1, 0.15) is 0 Å². The summed E-state index contributed by atoms with van der Waals surface area (Å²) in [5.41, 5.74) is 1.96. The predicted molar refractivity (Wildman–Crippen MR) is 60.5 cm³/mol. The second-order valence-electron chi connectivity index (χ2n) is 3.40. The lowest BCUT2D eigenvalue weighted by atomic mass is 10.1. The molecule has 0 bridgehead atoms. The number of esters is 1. The molecule has 0 aliphatic carbocycles. The monoisotopic (exact) mass is 204 g/mol. The van der Waals surface area contributed by atoms with Crippen LogP contribution >= 0.6 is 0 Å². The third-order valence-electron chi connectivity index (χ3n) is 2.23. The third-order valence-corrected chi connectivity index (χ3v) is 2.23. The van der Waals surface area contributed by atoms with Crippen LogP contribution in [-0.4, -0.2) is 13.1 Å². The zero-order valence-corrected chi connectivity index (χ0v) is 9.19. The van der Waals surface area contributed by atoms with E-state index in [2.05, 4.69) is 16.9 Å². The van der Waals surface area contributed by atoms with E-state index in [1.807, 2.05) is 24.3 Å². The highest BCUT2D eigenvalue weighted by Gasteiger charge is 2.01. The second kappa shape index (κ2) is 6.02. The molecule has 0 unspecified atom stereocenters. The minimum absolute atomic E-state index is 0.247. The molecule has 0 amide bonds. The number of methoxy groups -OCH3 is 1. The molecule has 0 fully saturated rings. The van der Waals surface area contributed by atoms with E-state index in [0.29, 0.717) is 5.57 Å². The van der Waals surface area contributed by atoms with E-state index in [1.165, 1.54) is 12.7 Å². The highest BCUT2D eigenvalue weighted by molar-refractivity contribution is 5.87. The molecule has 0 N–H and O–H groups in total. The second-order valence-corrected chi connectivity index (χ2v) is 3.40. The number of carbonyl (C=O) groups excluding carboxylic acids is 1. The molecule has 1 rings (SSSR count). The number of hydrogen-bond acceptors (Lipinski definition) is 2. The summed E-state index contributed by atoms with van der Waals surface area (Å²) < 4.78 is 4.61. The van der Waals surface area contributed by atoms with Crippen LogP contribution in [0.5, 0.6) is 0 Å². The van der Waals surface area contributed by atoms with Crippen molar-refractivity contribution >= 4 is 5.97 Å². The Labute approximate surface area is 90.6 Å². The smallest absolute Gasteiger partial charge is 0.333 e. The van der Waals surface area contributed by atoms with Gasteiger partial charge in [0.2, 0.25) is 0 Å². The van der Waals surface area contributed by atoms with Gasteiger partial charge in [0.15, 0.2) is 0 Å². The Morgan fingerprint density at radius 1 is 1.33 bits per heavy atom. The normalized spacial score (nSPS) is 11.2. The van der Waals surface area contributed by atoms with Gasteiger partial charge in [0.05, 0.1) is 7.11 Å². The van der Waals surface area contributed by atoms with Crippen molar-refractivity contribution in [3.05, 3.63) is 47.5 Å². The van der Waals surface area contributed by atoms with Gasteiger partial charge in [-0.2, -0.15) is 0 Å². The standard InChI is InChI=1S/C13H16O2/c1-11(13(14)15-2)7-6-10-12-8-4-3-5-9-12/h3-5,7-9H,6,10H2,1-2H3. The predicted octanol–water partition coefficient (Wildman–Crippen LogP) is 2.74. The maximum absolute atomic E-state index is 11.1. The molecule has 0 aliphatic rings. The molecule has 80 valence electrons. The van der Waals surface area contributed by atoms with Crippen molar-refractivity contribution in [2.24, 2.45) is 0 Å². The first-order valence-electron chi connectivity index (χ1n) is 5.03. The number of benzene rings is 1. The molecular weight excluding hydrogens is 188 g/mol. The van der Waals surface area contributed by atoms with Gasteiger partial charge in [-0.1, -0.05) is 36.4 Å². The molecule has 0 spiro atoms. The van der Waals surface area contributed by atoms with Crippen molar-refractivity contribution in [2.45, 2.75) is 19.8 Å². The zero-order valence-electron chi connectivity index (χ0n) is 9.19. The fourth-order valence-electron chi connectivity index (χ4n) is 1.34.